The Labute approximate surface area is 154 Å². The number of carbonyl (C=O) groups excluding carboxylic acids is 1. The van der Waals surface area contributed by atoms with Crippen molar-refractivity contribution in [2.45, 2.75) is 13.0 Å². The van der Waals surface area contributed by atoms with E-state index in [-0.39, 0.29) is 12.5 Å². The van der Waals surface area contributed by atoms with E-state index < -0.39 is 15.8 Å². The molecular weight excluding hydrogens is 372 g/mol. The van der Waals surface area contributed by atoms with Crippen molar-refractivity contribution in [2.75, 3.05) is 18.1 Å². The fraction of sp³-hybridized carbons (Fsp3) is 0.235. The molecule has 0 bridgehead atoms. The number of sulfonamides is 1. The van der Waals surface area contributed by atoms with Crippen molar-refractivity contribution in [1.29, 1.82) is 0 Å². The maximum absolute atomic E-state index is 12.7. The first-order chi connectivity index (χ1) is 12.8. The molecule has 9 nitrogen and oxygen atoms in total. The van der Waals surface area contributed by atoms with E-state index in [0.29, 0.717) is 40.9 Å². The van der Waals surface area contributed by atoms with Crippen LogP contribution in [-0.2, 0) is 23.0 Å². The molecule has 2 N–H and O–H groups in total. The molecule has 0 radical (unpaired) electrons. The predicted octanol–water partition coefficient (Wildman–Crippen LogP) is 1.09. The quantitative estimate of drug-likeness (QED) is 0.692. The summed E-state index contributed by atoms with van der Waals surface area (Å²) >= 11 is 0. The molecule has 0 saturated heterocycles. The first-order valence-electron chi connectivity index (χ1n) is 8.16. The zero-order valence-corrected chi connectivity index (χ0v) is 15.2. The van der Waals surface area contributed by atoms with Crippen molar-refractivity contribution in [3.63, 3.8) is 0 Å². The van der Waals surface area contributed by atoms with Gasteiger partial charge in [-0.25, -0.2) is 13.2 Å². The summed E-state index contributed by atoms with van der Waals surface area (Å²) in [5.41, 5.74) is 3.26. The number of aromatic nitrogens is 2. The number of oxazole rings is 1. The van der Waals surface area contributed by atoms with Gasteiger partial charge in [-0.15, -0.1) is 0 Å². The third-order valence-electron chi connectivity index (χ3n) is 4.50. The second-order valence-corrected chi connectivity index (χ2v) is 8.33. The van der Waals surface area contributed by atoms with Gasteiger partial charge in [0.2, 0.25) is 10.0 Å². The van der Waals surface area contributed by atoms with Crippen LogP contribution in [0.15, 0.2) is 39.8 Å². The standard InChI is InChI=1S/C17H16N4O5S/c1-27(24,25)21-5-4-12-10(9-21)7-18-8-13(12)16(22)19-11-2-3-14-15(6-11)26-17(23)20-14/h2-3,6-8H,4-5,9H2,1H3,(H,19,22)(H,20,23). The molecular formula is C17H16N4O5S. The third kappa shape index (κ3) is 3.36. The molecule has 2 aromatic heterocycles. The Bertz CT molecular complexity index is 1210. The highest BCUT2D eigenvalue weighted by Gasteiger charge is 2.26. The molecule has 3 aromatic rings. The van der Waals surface area contributed by atoms with Gasteiger partial charge in [-0.3, -0.25) is 14.8 Å². The first kappa shape index (κ1) is 17.4. The zero-order chi connectivity index (χ0) is 19.2. The fourth-order valence-corrected chi connectivity index (χ4v) is 3.96. The number of aromatic amines is 1. The lowest BCUT2D eigenvalue weighted by atomic mass is 9.98. The molecule has 3 heterocycles. The number of hydrogen-bond donors (Lipinski definition) is 2. The third-order valence-corrected chi connectivity index (χ3v) is 5.75. The Morgan fingerprint density at radius 2 is 2.15 bits per heavy atom. The summed E-state index contributed by atoms with van der Waals surface area (Å²) in [7, 11) is -3.30. The topological polar surface area (TPSA) is 125 Å². The minimum absolute atomic E-state index is 0.197. The highest BCUT2D eigenvalue weighted by Crippen LogP contribution is 2.24. The van der Waals surface area contributed by atoms with Crippen LogP contribution in [0.4, 0.5) is 5.69 Å². The van der Waals surface area contributed by atoms with Gasteiger partial charge in [0.25, 0.3) is 5.91 Å². The normalized spacial score (nSPS) is 14.9. The Balaban J connectivity index is 1.61. The number of pyridine rings is 1. The van der Waals surface area contributed by atoms with E-state index in [9.17, 15) is 18.0 Å². The molecule has 1 aliphatic rings. The lowest BCUT2D eigenvalue weighted by Gasteiger charge is -2.27. The summed E-state index contributed by atoms with van der Waals surface area (Å²) in [4.78, 5) is 30.6. The lowest BCUT2D eigenvalue weighted by Crippen LogP contribution is -2.36. The highest BCUT2D eigenvalue weighted by molar-refractivity contribution is 7.88. The molecule has 1 aliphatic heterocycles. The molecule has 1 amide bonds. The van der Waals surface area contributed by atoms with Crippen LogP contribution in [-0.4, -0.2) is 41.4 Å². The van der Waals surface area contributed by atoms with E-state index in [1.807, 2.05) is 0 Å². The highest BCUT2D eigenvalue weighted by atomic mass is 32.2. The molecule has 27 heavy (non-hydrogen) atoms. The first-order valence-corrected chi connectivity index (χ1v) is 10.0. The Morgan fingerprint density at radius 1 is 1.33 bits per heavy atom. The number of nitrogens with zero attached hydrogens (tertiary/aromatic N) is 2. The minimum Gasteiger partial charge on any atom is -0.408 e. The van der Waals surface area contributed by atoms with E-state index in [4.69, 9.17) is 4.42 Å². The molecule has 140 valence electrons. The largest absolute Gasteiger partial charge is 0.417 e. The van der Waals surface area contributed by atoms with Crippen LogP contribution >= 0.6 is 0 Å². The van der Waals surface area contributed by atoms with Crippen LogP contribution in [0.3, 0.4) is 0 Å². The van der Waals surface area contributed by atoms with Gasteiger partial charge < -0.3 is 9.73 Å². The Morgan fingerprint density at radius 3 is 2.93 bits per heavy atom. The van der Waals surface area contributed by atoms with Crippen molar-refractivity contribution >= 4 is 32.7 Å². The summed E-state index contributed by atoms with van der Waals surface area (Å²) in [6.07, 6.45) is 4.65. The van der Waals surface area contributed by atoms with Gasteiger partial charge in [0.1, 0.15) is 0 Å². The molecule has 0 fully saturated rings. The van der Waals surface area contributed by atoms with E-state index >= 15 is 0 Å². The number of carbonyl (C=O) groups is 1. The van der Waals surface area contributed by atoms with E-state index in [1.54, 1.807) is 24.4 Å². The van der Waals surface area contributed by atoms with E-state index in [1.165, 1.54) is 10.5 Å². The van der Waals surface area contributed by atoms with Crippen LogP contribution in [0.5, 0.6) is 0 Å². The van der Waals surface area contributed by atoms with Crippen LogP contribution in [0.2, 0.25) is 0 Å². The summed E-state index contributed by atoms with van der Waals surface area (Å²) in [5.74, 6) is -0.922. The van der Waals surface area contributed by atoms with Gasteiger partial charge in [0.05, 0.1) is 17.3 Å². The van der Waals surface area contributed by atoms with E-state index in [2.05, 4.69) is 15.3 Å². The minimum atomic E-state index is -3.30. The van der Waals surface area contributed by atoms with Crippen LogP contribution < -0.4 is 11.1 Å². The van der Waals surface area contributed by atoms with E-state index in [0.717, 1.165) is 11.8 Å². The van der Waals surface area contributed by atoms with Crippen molar-refractivity contribution in [1.82, 2.24) is 14.3 Å². The van der Waals surface area contributed by atoms with Crippen LogP contribution in [0, 0.1) is 0 Å². The fourth-order valence-electron chi connectivity index (χ4n) is 3.17. The second-order valence-electron chi connectivity index (χ2n) is 6.35. The predicted molar refractivity (Wildman–Crippen MR) is 98.0 cm³/mol. The average molecular weight is 388 g/mol. The average Bonchev–Trinajstić information content (AvgIpc) is 2.99. The molecule has 10 heteroatoms. The van der Waals surface area contributed by atoms with Gasteiger partial charge in [0.15, 0.2) is 5.58 Å². The number of hydrogen-bond acceptors (Lipinski definition) is 6. The van der Waals surface area contributed by atoms with Gasteiger partial charge in [-0.1, -0.05) is 0 Å². The van der Waals surface area contributed by atoms with Crippen LogP contribution in [0.1, 0.15) is 21.5 Å². The summed E-state index contributed by atoms with van der Waals surface area (Å²) in [6.45, 7) is 0.513. The van der Waals surface area contributed by atoms with Crippen molar-refractivity contribution < 1.29 is 17.6 Å². The Hall–Kier alpha value is -2.98. The summed E-state index contributed by atoms with van der Waals surface area (Å²) in [6, 6.07) is 4.85. The monoisotopic (exact) mass is 388 g/mol. The maximum atomic E-state index is 12.7. The molecule has 0 atom stereocenters. The second kappa shape index (κ2) is 6.32. The number of fused-ring (bicyclic) bond motifs is 2. The van der Waals surface area contributed by atoms with Crippen LogP contribution in [0.25, 0.3) is 11.1 Å². The van der Waals surface area contributed by atoms with Gasteiger partial charge in [-0.2, -0.15) is 4.31 Å². The lowest BCUT2D eigenvalue weighted by molar-refractivity contribution is 0.102. The maximum Gasteiger partial charge on any atom is 0.417 e. The van der Waals surface area contributed by atoms with Gasteiger partial charge in [0, 0.05) is 37.2 Å². The number of H-pyrrole nitrogens is 1. The smallest absolute Gasteiger partial charge is 0.408 e. The molecule has 1 aromatic carbocycles. The van der Waals surface area contributed by atoms with Gasteiger partial charge in [-0.05, 0) is 29.7 Å². The SMILES string of the molecule is CS(=O)(=O)N1CCc2c(cncc2C(=O)Nc2ccc3[nH]c(=O)oc3c2)C1. The van der Waals surface area contributed by atoms with Crippen molar-refractivity contribution in [2.24, 2.45) is 0 Å². The summed E-state index contributed by atoms with van der Waals surface area (Å²) in [5, 5.41) is 2.76. The molecule has 0 unspecified atom stereocenters. The molecule has 0 saturated carbocycles. The number of anilines is 1. The Kier molecular flexibility index (Phi) is 4.08. The number of benzene rings is 1. The zero-order valence-electron chi connectivity index (χ0n) is 14.4. The van der Waals surface area contributed by atoms with Crippen molar-refractivity contribution in [3.8, 4) is 0 Å². The molecule has 0 spiro atoms. The number of amides is 1. The summed E-state index contributed by atoms with van der Waals surface area (Å²) < 4.78 is 29.9. The van der Waals surface area contributed by atoms with Crippen molar-refractivity contribution in [3.05, 3.63) is 57.8 Å². The molecule has 0 aliphatic carbocycles. The molecule has 4 rings (SSSR count). The number of nitrogens with one attached hydrogen (secondary N) is 2. The van der Waals surface area contributed by atoms with Gasteiger partial charge >= 0.3 is 5.76 Å². The number of rotatable bonds is 3.